The van der Waals surface area contributed by atoms with E-state index in [2.05, 4.69) is 6.58 Å². The zero-order chi connectivity index (χ0) is 21.5. The lowest BCUT2D eigenvalue weighted by atomic mass is 10.1. The van der Waals surface area contributed by atoms with E-state index in [1.54, 1.807) is 72.6 Å². The number of hydrogen-bond acceptors (Lipinski definition) is 5. The number of rotatable bonds is 7. The Balaban J connectivity index is 1.61. The van der Waals surface area contributed by atoms with Gasteiger partial charge in [0.1, 0.15) is 23.9 Å². The van der Waals surface area contributed by atoms with Crippen molar-refractivity contribution in [1.82, 2.24) is 9.80 Å². The number of hydrogen-bond donors (Lipinski definition) is 0. The highest BCUT2D eigenvalue weighted by Crippen LogP contribution is 2.24. The predicted octanol–water partition coefficient (Wildman–Crippen LogP) is 2.87. The van der Waals surface area contributed by atoms with Crippen molar-refractivity contribution in [3.05, 3.63) is 66.2 Å². The molecule has 2 aromatic rings. The van der Waals surface area contributed by atoms with Gasteiger partial charge < -0.3 is 24.0 Å². The highest BCUT2D eigenvalue weighted by Gasteiger charge is 2.26. The first-order valence-corrected chi connectivity index (χ1v) is 9.71. The molecule has 0 aliphatic carbocycles. The van der Waals surface area contributed by atoms with Crippen LogP contribution in [0.15, 0.2) is 55.1 Å². The van der Waals surface area contributed by atoms with Crippen LogP contribution in [-0.2, 0) is 0 Å². The second-order valence-corrected chi connectivity index (χ2v) is 6.81. The van der Waals surface area contributed by atoms with Crippen molar-refractivity contribution in [3.63, 3.8) is 0 Å². The van der Waals surface area contributed by atoms with Crippen LogP contribution in [0.2, 0.25) is 0 Å². The van der Waals surface area contributed by atoms with Crippen LogP contribution >= 0.6 is 0 Å². The molecule has 1 saturated heterocycles. The third-order valence-electron chi connectivity index (χ3n) is 4.92. The number of ether oxygens (including phenoxy) is 3. The van der Waals surface area contributed by atoms with E-state index in [4.69, 9.17) is 14.2 Å². The van der Waals surface area contributed by atoms with Crippen molar-refractivity contribution in [2.24, 2.45) is 0 Å². The van der Waals surface area contributed by atoms with E-state index in [0.29, 0.717) is 61.2 Å². The van der Waals surface area contributed by atoms with Gasteiger partial charge >= 0.3 is 0 Å². The molecule has 1 heterocycles. The molecule has 0 aromatic heterocycles. The van der Waals surface area contributed by atoms with E-state index in [1.807, 2.05) is 0 Å². The largest absolute Gasteiger partial charge is 0.497 e. The quantitative estimate of drug-likeness (QED) is 0.657. The summed E-state index contributed by atoms with van der Waals surface area (Å²) in [6, 6.07) is 12.2. The minimum absolute atomic E-state index is 0.0552. The molecule has 0 atom stereocenters. The van der Waals surface area contributed by atoms with Gasteiger partial charge in [-0.2, -0.15) is 0 Å². The van der Waals surface area contributed by atoms with Crippen LogP contribution in [0.5, 0.6) is 17.2 Å². The molecule has 2 aromatic carbocycles. The molecule has 0 unspecified atom stereocenters. The van der Waals surface area contributed by atoms with E-state index in [-0.39, 0.29) is 11.8 Å². The molecular weight excluding hydrogens is 384 g/mol. The first kappa shape index (κ1) is 21.2. The molecule has 1 aliphatic heterocycles. The Morgan fingerprint density at radius 3 is 1.80 bits per heavy atom. The van der Waals surface area contributed by atoms with Crippen LogP contribution in [0.25, 0.3) is 0 Å². The molecule has 0 saturated carbocycles. The summed E-state index contributed by atoms with van der Waals surface area (Å²) >= 11 is 0. The number of nitrogens with zero attached hydrogens (tertiary/aromatic N) is 2. The van der Waals surface area contributed by atoms with Crippen LogP contribution in [0.4, 0.5) is 0 Å². The molecule has 1 aliphatic rings. The van der Waals surface area contributed by atoms with Gasteiger partial charge in [0.25, 0.3) is 11.8 Å². The van der Waals surface area contributed by atoms with Crippen molar-refractivity contribution in [1.29, 1.82) is 0 Å². The maximum absolute atomic E-state index is 12.9. The van der Waals surface area contributed by atoms with Gasteiger partial charge in [0.05, 0.1) is 14.2 Å². The molecule has 7 heteroatoms. The third-order valence-corrected chi connectivity index (χ3v) is 4.92. The Hall–Kier alpha value is -3.48. The molecule has 0 N–H and O–H groups in total. The molecule has 0 radical (unpaired) electrons. The molecule has 1 fully saturated rings. The van der Waals surface area contributed by atoms with Gasteiger partial charge in [0, 0.05) is 43.4 Å². The van der Waals surface area contributed by atoms with E-state index in [1.165, 1.54) is 0 Å². The SMILES string of the molecule is C=CCOc1ccc(C(=O)N2CCN(C(=O)c3cc(OC)cc(OC)c3)CC2)cc1. The first-order valence-electron chi connectivity index (χ1n) is 9.71. The van der Waals surface area contributed by atoms with Gasteiger partial charge in [-0.15, -0.1) is 0 Å². The van der Waals surface area contributed by atoms with Crippen molar-refractivity contribution < 1.29 is 23.8 Å². The highest BCUT2D eigenvalue weighted by atomic mass is 16.5. The standard InChI is InChI=1S/C23H26N2O5/c1-4-13-30-19-7-5-17(6-8-19)22(26)24-9-11-25(12-10-24)23(27)18-14-20(28-2)16-21(15-18)29-3/h4-8,14-16H,1,9-13H2,2-3H3. The number of carbonyl (C=O) groups is 2. The molecule has 30 heavy (non-hydrogen) atoms. The van der Waals surface area contributed by atoms with Crippen LogP contribution in [0, 0.1) is 0 Å². The molecule has 2 amide bonds. The van der Waals surface area contributed by atoms with Crippen molar-refractivity contribution in [2.45, 2.75) is 0 Å². The zero-order valence-corrected chi connectivity index (χ0v) is 17.3. The first-order chi connectivity index (χ1) is 14.5. The van der Waals surface area contributed by atoms with E-state index in [9.17, 15) is 9.59 Å². The number of carbonyl (C=O) groups excluding carboxylic acids is 2. The average Bonchev–Trinajstić information content (AvgIpc) is 2.81. The Morgan fingerprint density at radius 2 is 1.33 bits per heavy atom. The maximum Gasteiger partial charge on any atom is 0.254 e. The van der Waals surface area contributed by atoms with Crippen molar-refractivity contribution in [3.8, 4) is 17.2 Å². The van der Waals surface area contributed by atoms with Crippen molar-refractivity contribution >= 4 is 11.8 Å². The fourth-order valence-corrected chi connectivity index (χ4v) is 3.26. The minimum Gasteiger partial charge on any atom is -0.497 e. The van der Waals surface area contributed by atoms with E-state index in [0.717, 1.165) is 0 Å². The number of piperazine rings is 1. The number of methoxy groups -OCH3 is 2. The summed E-state index contributed by atoms with van der Waals surface area (Å²) in [6.45, 7) is 5.90. The monoisotopic (exact) mass is 410 g/mol. The Kier molecular flexibility index (Phi) is 6.95. The van der Waals surface area contributed by atoms with E-state index < -0.39 is 0 Å². The summed E-state index contributed by atoms with van der Waals surface area (Å²) in [5.74, 6) is 1.65. The minimum atomic E-state index is -0.108. The summed E-state index contributed by atoms with van der Waals surface area (Å²) in [4.78, 5) is 29.2. The second kappa shape index (κ2) is 9.82. The van der Waals surface area contributed by atoms with Crippen LogP contribution in [-0.4, -0.2) is 68.6 Å². The molecule has 0 bridgehead atoms. The lowest BCUT2D eigenvalue weighted by Crippen LogP contribution is -2.50. The number of amides is 2. The highest BCUT2D eigenvalue weighted by molar-refractivity contribution is 5.96. The average molecular weight is 410 g/mol. The van der Waals surface area contributed by atoms with Crippen molar-refractivity contribution in [2.75, 3.05) is 47.0 Å². The molecule has 0 spiro atoms. The Morgan fingerprint density at radius 1 is 0.833 bits per heavy atom. The van der Waals surface area contributed by atoms with Gasteiger partial charge in [0.15, 0.2) is 0 Å². The van der Waals surface area contributed by atoms with Gasteiger partial charge in [-0.3, -0.25) is 9.59 Å². The lowest BCUT2D eigenvalue weighted by Gasteiger charge is -2.35. The summed E-state index contributed by atoms with van der Waals surface area (Å²) in [5, 5.41) is 0. The summed E-state index contributed by atoms with van der Waals surface area (Å²) in [7, 11) is 3.09. The fraction of sp³-hybridized carbons (Fsp3) is 0.304. The smallest absolute Gasteiger partial charge is 0.254 e. The summed E-state index contributed by atoms with van der Waals surface area (Å²) in [5.41, 5.74) is 1.10. The summed E-state index contributed by atoms with van der Waals surface area (Å²) < 4.78 is 15.9. The predicted molar refractivity (Wildman–Crippen MR) is 113 cm³/mol. The zero-order valence-electron chi connectivity index (χ0n) is 17.3. The van der Waals surface area contributed by atoms with Gasteiger partial charge in [-0.25, -0.2) is 0 Å². The summed E-state index contributed by atoms with van der Waals surface area (Å²) in [6.07, 6.45) is 1.67. The van der Waals surface area contributed by atoms with Gasteiger partial charge in [0.2, 0.25) is 0 Å². The molecule has 7 nitrogen and oxygen atoms in total. The number of benzene rings is 2. The lowest BCUT2D eigenvalue weighted by molar-refractivity contribution is 0.0535. The normalized spacial score (nSPS) is 13.5. The third kappa shape index (κ3) is 4.92. The molecular formula is C23H26N2O5. The van der Waals surface area contributed by atoms with Crippen LogP contribution in [0.1, 0.15) is 20.7 Å². The maximum atomic E-state index is 12.9. The van der Waals surface area contributed by atoms with Crippen LogP contribution in [0.3, 0.4) is 0 Å². The topological polar surface area (TPSA) is 68.3 Å². The Labute approximate surface area is 176 Å². The van der Waals surface area contributed by atoms with Crippen LogP contribution < -0.4 is 14.2 Å². The molecule has 158 valence electrons. The Bertz CT molecular complexity index is 880. The second-order valence-electron chi connectivity index (χ2n) is 6.81. The molecule has 3 rings (SSSR count). The fourth-order valence-electron chi connectivity index (χ4n) is 3.26. The van der Waals surface area contributed by atoms with Gasteiger partial charge in [-0.1, -0.05) is 12.7 Å². The van der Waals surface area contributed by atoms with E-state index >= 15 is 0 Å². The van der Waals surface area contributed by atoms with Gasteiger partial charge in [-0.05, 0) is 36.4 Å².